The molecule has 142 valence electrons. The number of hydrogen-bond acceptors (Lipinski definition) is 6. The molecule has 0 radical (unpaired) electrons. The van der Waals surface area contributed by atoms with E-state index in [0.29, 0.717) is 24.1 Å². The fourth-order valence-electron chi connectivity index (χ4n) is 3.25. The summed E-state index contributed by atoms with van der Waals surface area (Å²) in [5.41, 5.74) is 0.997. The molecule has 27 heavy (non-hydrogen) atoms. The maximum Gasteiger partial charge on any atom is 0.254 e. The van der Waals surface area contributed by atoms with E-state index >= 15 is 0 Å². The van der Waals surface area contributed by atoms with E-state index < -0.39 is 0 Å². The van der Waals surface area contributed by atoms with Crippen LogP contribution in [0.3, 0.4) is 0 Å². The Hall–Kier alpha value is -2.48. The highest BCUT2D eigenvalue weighted by atomic mass is 32.1. The van der Waals surface area contributed by atoms with Crippen molar-refractivity contribution in [3.8, 4) is 10.6 Å². The fraction of sp³-hybridized carbons (Fsp3) is 0.474. The molecular weight excluding hydrogens is 360 g/mol. The molecule has 1 aliphatic rings. The lowest BCUT2D eigenvalue weighted by atomic mass is 10.1. The molecule has 1 saturated heterocycles. The normalized spacial score (nSPS) is 15.1. The highest BCUT2D eigenvalue weighted by molar-refractivity contribution is 7.13. The lowest BCUT2D eigenvalue weighted by Gasteiger charge is -2.34. The van der Waals surface area contributed by atoms with Crippen LogP contribution in [-0.2, 0) is 4.79 Å². The van der Waals surface area contributed by atoms with E-state index in [-0.39, 0.29) is 5.91 Å². The predicted octanol–water partition coefficient (Wildman–Crippen LogP) is 2.94. The molecule has 3 aromatic rings. The summed E-state index contributed by atoms with van der Waals surface area (Å²) >= 11 is 1.67. The number of hydrogen-bond donors (Lipinski definition) is 0. The largest absolute Gasteiger partial charge is 0.339 e. The third-order valence-corrected chi connectivity index (χ3v) is 5.75. The summed E-state index contributed by atoms with van der Waals surface area (Å²) in [7, 11) is 0. The summed E-state index contributed by atoms with van der Waals surface area (Å²) in [4.78, 5) is 26.5. The summed E-state index contributed by atoms with van der Waals surface area (Å²) < 4.78 is 1.81. The molecule has 0 bridgehead atoms. The van der Waals surface area contributed by atoms with Crippen molar-refractivity contribution in [2.24, 2.45) is 5.92 Å². The van der Waals surface area contributed by atoms with Gasteiger partial charge in [0.2, 0.25) is 11.9 Å². The SMILES string of the molecule is CC(C)CCC(=O)N1CCN(c2nc3nccc(-c4cccs4)n3n2)CC1. The number of aromatic nitrogens is 4. The van der Waals surface area contributed by atoms with Gasteiger partial charge in [-0.05, 0) is 29.9 Å². The Morgan fingerprint density at radius 2 is 2.04 bits per heavy atom. The number of carbonyl (C=O) groups excluding carboxylic acids is 1. The van der Waals surface area contributed by atoms with Crippen LogP contribution in [0.1, 0.15) is 26.7 Å². The van der Waals surface area contributed by atoms with E-state index in [1.165, 1.54) is 0 Å². The molecule has 0 unspecified atom stereocenters. The zero-order chi connectivity index (χ0) is 18.8. The second-order valence-corrected chi connectivity index (χ2v) is 8.18. The van der Waals surface area contributed by atoms with Gasteiger partial charge in [-0.3, -0.25) is 4.79 Å². The Kier molecular flexibility index (Phi) is 5.07. The predicted molar refractivity (Wildman–Crippen MR) is 107 cm³/mol. The fourth-order valence-corrected chi connectivity index (χ4v) is 3.99. The molecule has 1 amide bonds. The summed E-state index contributed by atoms with van der Waals surface area (Å²) in [5.74, 6) is 2.10. The zero-order valence-corrected chi connectivity index (χ0v) is 16.5. The van der Waals surface area contributed by atoms with E-state index in [4.69, 9.17) is 5.10 Å². The maximum atomic E-state index is 12.3. The summed E-state index contributed by atoms with van der Waals surface area (Å²) in [5, 5.41) is 6.74. The minimum Gasteiger partial charge on any atom is -0.339 e. The average Bonchev–Trinajstić information content (AvgIpc) is 3.35. The van der Waals surface area contributed by atoms with Crippen molar-refractivity contribution in [3.05, 3.63) is 29.8 Å². The lowest BCUT2D eigenvalue weighted by Crippen LogP contribution is -2.49. The number of amides is 1. The van der Waals surface area contributed by atoms with Crippen molar-refractivity contribution in [1.82, 2.24) is 24.5 Å². The van der Waals surface area contributed by atoms with Gasteiger partial charge in [0.1, 0.15) is 0 Å². The van der Waals surface area contributed by atoms with Crippen LogP contribution in [0.15, 0.2) is 29.8 Å². The first-order chi connectivity index (χ1) is 13.1. The minimum absolute atomic E-state index is 0.257. The first-order valence-electron chi connectivity index (χ1n) is 9.40. The van der Waals surface area contributed by atoms with Crippen LogP contribution >= 0.6 is 11.3 Å². The van der Waals surface area contributed by atoms with E-state index in [0.717, 1.165) is 43.2 Å². The van der Waals surface area contributed by atoms with Crippen LogP contribution in [0.2, 0.25) is 0 Å². The maximum absolute atomic E-state index is 12.3. The highest BCUT2D eigenvalue weighted by Crippen LogP contribution is 2.25. The number of thiophene rings is 1. The van der Waals surface area contributed by atoms with Gasteiger partial charge in [0.15, 0.2) is 0 Å². The van der Waals surface area contributed by atoms with Gasteiger partial charge in [-0.25, -0.2) is 4.98 Å². The summed E-state index contributed by atoms with van der Waals surface area (Å²) in [6.07, 6.45) is 3.36. The van der Waals surface area contributed by atoms with Gasteiger partial charge in [0.25, 0.3) is 5.78 Å². The van der Waals surface area contributed by atoms with Crippen LogP contribution in [0.5, 0.6) is 0 Å². The first-order valence-corrected chi connectivity index (χ1v) is 10.3. The molecule has 3 aromatic heterocycles. The van der Waals surface area contributed by atoms with Crippen molar-refractivity contribution < 1.29 is 4.79 Å². The van der Waals surface area contributed by atoms with Crippen molar-refractivity contribution in [1.29, 1.82) is 0 Å². The van der Waals surface area contributed by atoms with E-state index in [1.807, 2.05) is 17.0 Å². The Labute approximate surface area is 162 Å². The number of nitrogens with zero attached hydrogens (tertiary/aromatic N) is 6. The quantitative estimate of drug-likeness (QED) is 0.677. The van der Waals surface area contributed by atoms with Gasteiger partial charge in [-0.1, -0.05) is 19.9 Å². The van der Waals surface area contributed by atoms with Gasteiger partial charge in [-0.2, -0.15) is 9.50 Å². The van der Waals surface area contributed by atoms with Crippen LogP contribution in [0, 0.1) is 5.92 Å². The Morgan fingerprint density at radius 1 is 1.22 bits per heavy atom. The van der Waals surface area contributed by atoms with E-state index in [1.54, 1.807) is 22.0 Å². The minimum atomic E-state index is 0.257. The topological polar surface area (TPSA) is 66.6 Å². The van der Waals surface area contributed by atoms with Crippen molar-refractivity contribution in [3.63, 3.8) is 0 Å². The molecule has 7 nitrogen and oxygen atoms in total. The number of carbonyl (C=O) groups is 1. The van der Waals surface area contributed by atoms with Crippen molar-refractivity contribution in [2.45, 2.75) is 26.7 Å². The molecule has 4 heterocycles. The van der Waals surface area contributed by atoms with Gasteiger partial charge in [-0.15, -0.1) is 16.4 Å². The first kappa shape index (κ1) is 17.9. The number of rotatable bonds is 5. The lowest BCUT2D eigenvalue weighted by molar-refractivity contribution is -0.131. The Bertz CT molecular complexity index is 912. The molecule has 8 heteroatoms. The van der Waals surface area contributed by atoms with Crippen molar-refractivity contribution in [2.75, 3.05) is 31.1 Å². The number of piperazine rings is 1. The Morgan fingerprint density at radius 3 is 2.74 bits per heavy atom. The smallest absolute Gasteiger partial charge is 0.254 e. The molecule has 0 atom stereocenters. The Balaban J connectivity index is 1.47. The third kappa shape index (κ3) is 3.80. The average molecular weight is 385 g/mol. The molecule has 0 spiro atoms. The highest BCUT2D eigenvalue weighted by Gasteiger charge is 2.24. The molecule has 0 aromatic carbocycles. The molecule has 0 N–H and O–H groups in total. The second kappa shape index (κ2) is 7.64. The van der Waals surface area contributed by atoms with Crippen LogP contribution in [0.4, 0.5) is 5.95 Å². The van der Waals surface area contributed by atoms with Gasteiger partial charge < -0.3 is 9.80 Å². The third-order valence-electron chi connectivity index (χ3n) is 4.85. The standard InChI is InChI=1S/C19H24N6OS/c1-14(2)5-6-17(26)23-9-11-24(12-10-23)19-21-18-20-8-7-15(25(18)22-19)16-4-3-13-27-16/h3-4,7-8,13-14H,5-6,9-12H2,1-2H3. The summed E-state index contributed by atoms with van der Waals surface area (Å²) in [6, 6.07) is 6.06. The van der Waals surface area contributed by atoms with E-state index in [2.05, 4.69) is 40.2 Å². The van der Waals surface area contributed by atoms with Gasteiger partial charge >= 0.3 is 0 Å². The summed E-state index contributed by atoms with van der Waals surface area (Å²) in [6.45, 7) is 7.24. The number of fused-ring (bicyclic) bond motifs is 1. The monoisotopic (exact) mass is 384 g/mol. The molecule has 0 aliphatic carbocycles. The molecule has 1 fully saturated rings. The van der Waals surface area contributed by atoms with Gasteiger partial charge in [0.05, 0.1) is 10.6 Å². The van der Waals surface area contributed by atoms with E-state index in [9.17, 15) is 4.79 Å². The van der Waals surface area contributed by atoms with Crippen LogP contribution in [-0.4, -0.2) is 56.6 Å². The zero-order valence-electron chi connectivity index (χ0n) is 15.7. The molecule has 1 aliphatic heterocycles. The molecule has 0 saturated carbocycles. The number of anilines is 1. The molecular formula is C19H24N6OS. The van der Waals surface area contributed by atoms with Gasteiger partial charge in [0, 0.05) is 38.8 Å². The second-order valence-electron chi connectivity index (χ2n) is 7.23. The van der Waals surface area contributed by atoms with Crippen LogP contribution < -0.4 is 4.90 Å². The van der Waals surface area contributed by atoms with Crippen molar-refractivity contribution >= 4 is 29.0 Å². The van der Waals surface area contributed by atoms with Crippen LogP contribution in [0.25, 0.3) is 16.3 Å². The molecule has 4 rings (SSSR count).